The van der Waals surface area contributed by atoms with Crippen molar-refractivity contribution in [2.24, 2.45) is 5.10 Å². The molecule has 0 radical (unpaired) electrons. The van der Waals surface area contributed by atoms with Gasteiger partial charge in [-0.2, -0.15) is 20.1 Å². The highest BCUT2D eigenvalue weighted by Gasteiger charge is 2.17. The maximum atomic E-state index is 11.1. The molecule has 1 aromatic heterocycles. The van der Waals surface area contributed by atoms with Gasteiger partial charge < -0.3 is 24.4 Å². The van der Waals surface area contributed by atoms with Crippen LogP contribution in [0.4, 0.5) is 29.2 Å². The molecule has 0 bridgehead atoms. The second kappa shape index (κ2) is 11.1. The molecule has 3 aromatic rings. The predicted octanol–water partition coefficient (Wildman–Crippen LogP) is 2.82. The standard InChI is InChI=1S/C22H24N8O5/c1-33-18-7-6-15(19(13-18)34-2)14-23-28-21-25-20(24-16-4-3-5-17(12-16)30(31)32)26-22(27-21)29-8-10-35-11-9-29/h3-7,12-14H,8-11H2,1-2H3,(H2,24,25,26,27,28)/b23-14-. The van der Waals surface area contributed by atoms with Crippen LogP contribution in [-0.2, 0) is 4.74 Å². The van der Waals surface area contributed by atoms with E-state index in [1.54, 1.807) is 44.7 Å². The van der Waals surface area contributed by atoms with Crippen LogP contribution in [0.25, 0.3) is 0 Å². The Morgan fingerprint density at radius 2 is 1.89 bits per heavy atom. The fourth-order valence-electron chi connectivity index (χ4n) is 3.29. The number of nitro benzene ring substituents is 1. The Bertz CT molecular complexity index is 1220. The van der Waals surface area contributed by atoms with Crippen molar-refractivity contribution in [3.05, 3.63) is 58.1 Å². The number of aromatic nitrogens is 3. The van der Waals surface area contributed by atoms with E-state index < -0.39 is 4.92 Å². The van der Waals surface area contributed by atoms with Gasteiger partial charge in [-0.1, -0.05) is 6.07 Å². The Morgan fingerprint density at radius 3 is 2.63 bits per heavy atom. The first-order chi connectivity index (χ1) is 17.1. The van der Waals surface area contributed by atoms with Crippen molar-refractivity contribution in [1.82, 2.24) is 15.0 Å². The minimum absolute atomic E-state index is 0.0474. The molecular formula is C22H24N8O5. The maximum absolute atomic E-state index is 11.1. The van der Waals surface area contributed by atoms with Crippen molar-refractivity contribution in [1.29, 1.82) is 0 Å². The lowest BCUT2D eigenvalue weighted by Crippen LogP contribution is -2.37. The number of benzene rings is 2. The largest absolute Gasteiger partial charge is 0.497 e. The van der Waals surface area contributed by atoms with E-state index in [1.165, 1.54) is 12.1 Å². The summed E-state index contributed by atoms with van der Waals surface area (Å²) in [6, 6.07) is 11.4. The molecule has 0 unspecified atom stereocenters. The van der Waals surface area contributed by atoms with Gasteiger partial charge in [-0.25, -0.2) is 5.43 Å². The number of ether oxygens (including phenoxy) is 3. The van der Waals surface area contributed by atoms with E-state index in [9.17, 15) is 10.1 Å². The van der Waals surface area contributed by atoms with Crippen LogP contribution in [-0.4, -0.2) is 66.6 Å². The van der Waals surface area contributed by atoms with Crippen molar-refractivity contribution >= 4 is 35.4 Å². The number of nitrogens with one attached hydrogen (secondary N) is 2. The van der Waals surface area contributed by atoms with Gasteiger partial charge in [-0.15, -0.1) is 0 Å². The van der Waals surface area contributed by atoms with Gasteiger partial charge in [-0.3, -0.25) is 10.1 Å². The zero-order chi connectivity index (χ0) is 24.6. The molecule has 0 saturated carbocycles. The highest BCUT2D eigenvalue weighted by Crippen LogP contribution is 2.24. The summed E-state index contributed by atoms with van der Waals surface area (Å²) in [6.07, 6.45) is 1.57. The number of hydrogen-bond donors (Lipinski definition) is 2. The van der Waals surface area contributed by atoms with Crippen molar-refractivity contribution in [2.75, 3.05) is 56.2 Å². The molecule has 0 aliphatic carbocycles. The highest BCUT2D eigenvalue weighted by molar-refractivity contribution is 5.84. The summed E-state index contributed by atoms with van der Waals surface area (Å²) in [5, 5.41) is 18.4. The Kier molecular flexibility index (Phi) is 7.47. The zero-order valence-corrected chi connectivity index (χ0v) is 19.2. The normalized spacial score (nSPS) is 13.5. The van der Waals surface area contributed by atoms with Crippen LogP contribution in [0, 0.1) is 10.1 Å². The van der Waals surface area contributed by atoms with Crippen LogP contribution >= 0.6 is 0 Å². The summed E-state index contributed by atoms with van der Waals surface area (Å²) < 4.78 is 16.0. The van der Waals surface area contributed by atoms with Crippen molar-refractivity contribution in [3.8, 4) is 11.5 Å². The average molecular weight is 480 g/mol. The molecule has 0 atom stereocenters. The summed E-state index contributed by atoms with van der Waals surface area (Å²) in [5.41, 5.74) is 3.96. The first-order valence-corrected chi connectivity index (χ1v) is 10.7. The molecule has 0 spiro atoms. The molecule has 1 saturated heterocycles. The number of non-ortho nitro benzene ring substituents is 1. The fraction of sp³-hybridized carbons (Fsp3) is 0.273. The summed E-state index contributed by atoms with van der Waals surface area (Å²) in [6.45, 7) is 2.34. The molecule has 2 N–H and O–H groups in total. The maximum Gasteiger partial charge on any atom is 0.271 e. The lowest BCUT2D eigenvalue weighted by atomic mass is 10.2. The molecule has 13 heteroatoms. The monoisotopic (exact) mass is 480 g/mol. The highest BCUT2D eigenvalue weighted by atomic mass is 16.6. The number of hydrogen-bond acceptors (Lipinski definition) is 12. The van der Waals surface area contributed by atoms with Gasteiger partial charge in [0.25, 0.3) is 5.69 Å². The lowest BCUT2D eigenvalue weighted by molar-refractivity contribution is -0.384. The van der Waals surface area contributed by atoms with Gasteiger partial charge in [0.2, 0.25) is 17.8 Å². The van der Waals surface area contributed by atoms with Gasteiger partial charge in [0.15, 0.2) is 0 Å². The van der Waals surface area contributed by atoms with Crippen molar-refractivity contribution in [2.45, 2.75) is 0 Å². The van der Waals surface area contributed by atoms with Crippen LogP contribution < -0.4 is 25.1 Å². The molecule has 35 heavy (non-hydrogen) atoms. The summed E-state index contributed by atoms with van der Waals surface area (Å²) in [4.78, 5) is 25.9. The van der Waals surface area contributed by atoms with E-state index in [0.29, 0.717) is 49.4 Å². The van der Waals surface area contributed by atoms with E-state index in [-0.39, 0.29) is 17.6 Å². The molecule has 0 amide bonds. The van der Waals surface area contributed by atoms with Gasteiger partial charge in [0.1, 0.15) is 11.5 Å². The number of rotatable bonds is 9. The van der Waals surface area contributed by atoms with Gasteiger partial charge in [-0.05, 0) is 18.2 Å². The van der Waals surface area contributed by atoms with Gasteiger partial charge >= 0.3 is 0 Å². The van der Waals surface area contributed by atoms with Gasteiger partial charge in [0, 0.05) is 42.5 Å². The molecule has 2 heterocycles. The van der Waals surface area contributed by atoms with Gasteiger partial charge in [0.05, 0.1) is 38.6 Å². The molecular weight excluding hydrogens is 456 g/mol. The van der Waals surface area contributed by atoms with E-state index in [4.69, 9.17) is 14.2 Å². The Hall–Kier alpha value is -4.52. The van der Waals surface area contributed by atoms with Crippen LogP contribution in [0.15, 0.2) is 47.6 Å². The molecule has 4 rings (SSSR count). The third kappa shape index (κ3) is 6.09. The second-order valence-corrected chi connectivity index (χ2v) is 7.29. The second-order valence-electron chi connectivity index (χ2n) is 7.29. The molecule has 1 aliphatic heterocycles. The number of morpholine rings is 1. The fourth-order valence-corrected chi connectivity index (χ4v) is 3.29. The quantitative estimate of drug-likeness (QED) is 0.264. The van der Waals surface area contributed by atoms with Crippen LogP contribution in [0.3, 0.4) is 0 Å². The Labute approximate surface area is 200 Å². The molecule has 2 aromatic carbocycles. The molecule has 182 valence electrons. The van der Waals surface area contributed by atoms with E-state index in [1.807, 2.05) is 11.0 Å². The third-order valence-corrected chi connectivity index (χ3v) is 5.04. The van der Waals surface area contributed by atoms with Crippen LogP contribution in [0.1, 0.15) is 5.56 Å². The molecule has 1 fully saturated rings. The van der Waals surface area contributed by atoms with E-state index in [0.717, 1.165) is 5.56 Å². The average Bonchev–Trinajstić information content (AvgIpc) is 2.89. The van der Waals surface area contributed by atoms with E-state index in [2.05, 4.69) is 30.8 Å². The molecule has 1 aliphatic rings. The first kappa shape index (κ1) is 23.6. The molecule has 13 nitrogen and oxygen atoms in total. The number of methoxy groups -OCH3 is 2. The summed E-state index contributed by atoms with van der Waals surface area (Å²) >= 11 is 0. The topological polar surface area (TPSA) is 149 Å². The summed E-state index contributed by atoms with van der Waals surface area (Å²) in [5.74, 6) is 2.08. The predicted molar refractivity (Wildman–Crippen MR) is 130 cm³/mol. The number of nitrogens with zero attached hydrogens (tertiary/aromatic N) is 6. The smallest absolute Gasteiger partial charge is 0.271 e. The lowest BCUT2D eigenvalue weighted by Gasteiger charge is -2.27. The SMILES string of the molecule is COc1ccc(/C=N\Nc2nc(Nc3cccc([N+](=O)[O-])c3)nc(N3CCOCC3)n2)c(OC)c1. The zero-order valence-electron chi connectivity index (χ0n) is 19.2. The first-order valence-electron chi connectivity index (χ1n) is 10.7. The Morgan fingerprint density at radius 1 is 1.09 bits per heavy atom. The summed E-state index contributed by atoms with van der Waals surface area (Å²) in [7, 11) is 3.14. The minimum Gasteiger partial charge on any atom is -0.497 e. The van der Waals surface area contributed by atoms with Crippen LogP contribution in [0.2, 0.25) is 0 Å². The third-order valence-electron chi connectivity index (χ3n) is 5.04. The number of nitro groups is 1. The van der Waals surface area contributed by atoms with Crippen molar-refractivity contribution in [3.63, 3.8) is 0 Å². The minimum atomic E-state index is -0.465. The van der Waals surface area contributed by atoms with E-state index >= 15 is 0 Å². The number of hydrazone groups is 1. The van der Waals surface area contributed by atoms with Crippen LogP contribution in [0.5, 0.6) is 11.5 Å². The number of anilines is 4. The Balaban J connectivity index is 1.59. The van der Waals surface area contributed by atoms with Crippen molar-refractivity contribution < 1.29 is 19.1 Å².